The van der Waals surface area contributed by atoms with E-state index in [1.54, 1.807) is 38.0 Å². The number of aromatic nitrogens is 3. The van der Waals surface area contributed by atoms with Crippen LogP contribution in [0.1, 0.15) is 5.56 Å². The van der Waals surface area contributed by atoms with Gasteiger partial charge in [0, 0.05) is 37.0 Å². The smallest absolute Gasteiger partial charge is 0.137 e. The molecule has 1 aliphatic rings. The van der Waals surface area contributed by atoms with Gasteiger partial charge in [-0.25, -0.2) is 13.8 Å². The summed E-state index contributed by atoms with van der Waals surface area (Å²) in [6, 6.07) is 5.83. The van der Waals surface area contributed by atoms with Gasteiger partial charge < -0.3 is 19.7 Å². The number of benzene rings is 1. The van der Waals surface area contributed by atoms with Crippen molar-refractivity contribution in [2.75, 3.05) is 43.6 Å². The van der Waals surface area contributed by atoms with Crippen molar-refractivity contribution in [3.63, 3.8) is 0 Å². The van der Waals surface area contributed by atoms with Crippen LogP contribution in [0.25, 0.3) is 22.2 Å². The van der Waals surface area contributed by atoms with E-state index in [-0.39, 0.29) is 10.9 Å². The predicted molar refractivity (Wildman–Crippen MR) is 127 cm³/mol. The van der Waals surface area contributed by atoms with Gasteiger partial charge in [0.25, 0.3) is 0 Å². The number of ether oxygens (including phenoxy) is 2. The first-order valence-electron chi connectivity index (χ1n) is 10.9. The topological polar surface area (TPSA) is 72.4 Å². The quantitative estimate of drug-likeness (QED) is 0.453. The highest BCUT2D eigenvalue weighted by atomic mass is 19.1. The third kappa shape index (κ3) is 4.22. The summed E-state index contributed by atoms with van der Waals surface area (Å²) in [4.78, 5) is 15.3. The molecule has 4 heterocycles. The normalized spacial score (nSPS) is 13.8. The molecular formula is C25H23F2N5O2. The Morgan fingerprint density at radius 2 is 1.79 bits per heavy atom. The Morgan fingerprint density at radius 1 is 1.00 bits per heavy atom. The van der Waals surface area contributed by atoms with Crippen LogP contribution in [0.4, 0.5) is 25.8 Å². The molecule has 5 rings (SSSR count). The number of pyridine rings is 3. The van der Waals surface area contributed by atoms with Crippen molar-refractivity contribution in [3.05, 3.63) is 66.3 Å². The van der Waals surface area contributed by atoms with Crippen LogP contribution in [0.3, 0.4) is 0 Å². The monoisotopic (exact) mass is 463 g/mol. The minimum atomic E-state index is -0.696. The Balaban J connectivity index is 1.64. The van der Waals surface area contributed by atoms with E-state index in [0.29, 0.717) is 47.2 Å². The van der Waals surface area contributed by atoms with E-state index in [1.807, 2.05) is 13.0 Å². The lowest BCUT2D eigenvalue weighted by Crippen LogP contribution is -2.36. The van der Waals surface area contributed by atoms with Crippen LogP contribution in [-0.4, -0.2) is 48.4 Å². The number of hydrogen-bond donors (Lipinski definition) is 1. The molecule has 174 valence electrons. The second kappa shape index (κ2) is 9.18. The Bertz CT molecular complexity index is 1360. The van der Waals surface area contributed by atoms with E-state index in [0.717, 1.165) is 24.8 Å². The summed E-state index contributed by atoms with van der Waals surface area (Å²) < 4.78 is 39.9. The van der Waals surface area contributed by atoms with Crippen molar-refractivity contribution in [1.29, 1.82) is 0 Å². The summed E-state index contributed by atoms with van der Waals surface area (Å²) in [6.07, 6.45) is 6.69. The SMILES string of the molecule is COc1cncc(-c2nc3cc(F)cc(F)c3c(Nc3cncc(N4CCOCC4)c3)c2C)c1. The average molecular weight is 463 g/mol. The second-order valence-electron chi connectivity index (χ2n) is 8.01. The van der Waals surface area contributed by atoms with E-state index >= 15 is 4.39 Å². The number of fused-ring (bicyclic) bond motifs is 1. The molecule has 1 N–H and O–H groups in total. The number of hydrogen-bond acceptors (Lipinski definition) is 7. The lowest BCUT2D eigenvalue weighted by Gasteiger charge is -2.28. The summed E-state index contributed by atoms with van der Waals surface area (Å²) in [6.45, 7) is 4.68. The standard InChI is InChI=1S/C25H23F2N5O2/c1-15-24(16-7-20(33-2)14-28-11-16)31-22-9-17(26)8-21(27)23(22)25(15)30-18-10-19(13-29-12-18)32-3-5-34-6-4-32/h7-14H,3-6H2,1-2H3,(H,30,31). The zero-order valence-electron chi connectivity index (χ0n) is 18.8. The number of rotatable bonds is 5. The number of anilines is 3. The first kappa shape index (κ1) is 22.0. The van der Waals surface area contributed by atoms with Gasteiger partial charge in [-0.2, -0.15) is 0 Å². The largest absolute Gasteiger partial charge is 0.495 e. The highest BCUT2D eigenvalue weighted by Crippen LogP contribution is 2.37. The van der Waals surface area contributed by atoms with Gasteiger partial charge in [0.05, 0.1) is 72.6 Å². The summed E-state index contributed by atoms with van der Waals surface area (Å²) in [5.41, 5.74) is 4.20. The summed E-state index contributed by atoms with van der Waals surface area (Å²) in [5.74, 6) is -0.833. The minimum Gasteiger partial charge on any atom is -0.495 e. The minimum absolute atomic E-state index is 0.195. The van der Waals surface area contributed by atoms with Crippen molar-refractivity contribution in [2.24, 2.45) is 0 Å². The fourth-order valence-corrected chi connectivity index (χ4v) is 4.14. The maximum atomic E-state index is 15.0. The predicted octanol–water partition coefficient (Wildman–Crippen LogP) is 4.87. The van der Waals surface area contributed by atoms with Crippen LogP contribution in [0.5, 0.6) is 5.75 Å². The molecule has 0 unspecified atom stereocenters. The highest BCUT2D eigenvalue weighted by molar-refractivity contribution is 5.98. The molecule has 0 atom stereocenters. The molecule has 1 saturated heterocycles. The molecule has 1 fully saturated rings. The molecule has 7 nitrogen and oxygen atoms in total. The van der Waals surface area contributed by atoms with Crippen LogP contribution >= 0.6 is 0 Å². The van der Waals surface area contributed by atoms with Crippen molar-refractivity contribution in [3.8, 4) is 17.0 Å². The molecule has 4 aromatic rings. The van der Waals surface area contributed by atoms with Crippen molar-refractivity contribution in [2.45, 2.75) is 6.92 Å². The van der Waals surface area contributed by atoms with Gasteiger partial charge in [0.1, 0.15) is 17.4 Å². The van der Waals surface area contributed by atoms with E-state index < -0.39 is 11.6 Å². The van der Waals surface area contributed by atoms with Crippen molar-refractivity contribution < 1.29 is 18.3 Å². The van der Waals surface area contributed by atoms with E-state index in [1.165, 1.54) is 6.07 Å². The molecule has 9 heteroatoms. The highest BCUT2D eigenvalue weighted by Gasteiger charge is 2.19. The average Bonchev–Trinajstić information content (AvgIpc) is 2.86. The van der Waals surface area contributed by atoms with Gasteiger partial charge in [-0.1, -0.05) is 0 Å². The molecule has 0 spiro atoms. The van der Waals surface area contributed by atoms with Gasteiger partial charge >= 0.3 is 0 Å². The van der Waals surface area contributed by atoms with Crippen LogP contribution < -0.4 is 15.0 Å². The lowest BCUT2D eigenvalue weighted by molar-refractivity contribution is 0.122. The van der Waals surface area contributed by atoms with Gasteiger partial charge in [0.2, 0.25) is 0 Å². The molecule has 1 aromatic carbocycles. The fourth-order valence-electron chi connectivity index (χ4n) is 4.14. The number of nitrogens with one attached hydrogen (secondary N) is 1. The molecule has 0 aliphatic carbocycles. The van der Waals surface area contributed by atoms with E-state index in [2.05, 4.69) is 25.2 Å². The Labute approximate surface area is 195 Å². The molecule has 0 radical (unpaired) electrons. The molecule has 0 bridgehead atoms. The fraction of sp³-hybridized carbons (Fsp3) is 0.240. The van der Waals surface area contributed by atoms with Crippen LogP contribution in [0, 0.1) is 18.6 Å². The molecule has 0 saturated carbocycles. The maximum Gasteiger partial charge on any atom is 0.137 e. The third-order valence-electron chi connectivity index (χ3n) is 5.84. The third-order valence-corrected chi connectivity index (χ3v) is 5.84. The van der Waals surface area contributed by atoms with Crippen molar-refractivity contribution in [1.82, 2.24) is 15.0 Å². The molecule has 1 aliphatic heterocycles. The first-order valence-corrected chi connectivity index (χ1v) is 10.9. The molecule has 3 aromatic heterocycles. The van der Waals surface area contributed by atoms with Crippen LogP contribution in [-0.2, 0) is 4.74 Å². The Morgan fingerprint density at radius 3 is 2.59 bits per heavy atom. The van der Waals surface area contributed by atoms with E-state index in [9.17, 15) is 4.39 Å². The van der Waals surface area contributed by atoms with Crippen LogP contribution in [0.2, 0.25) is 0 Å². The number of morpholine rings is 1. The van der Waals surface area contributed by atoms with Gasteiger partial charge in [-0.15, -0.1) is 0 Å². The molecular weight excluding hydrogens is 440 g/mol. The number of nitrogens with zero attached hydrogens (tertiary/aromatic N) is 4. The van der Waals surface area contributed by atoms with E-state index in [4.69, 9.17) is 9.47 Å². The Kier molecular flexibility index (Phi) is 5.93. The van der Waals surface area contributed by atoms with Crippen molar-refractivity contribution >= 4 is 28.0 Å². The number of methoxy groups -OCH3 is 1. The maximum absolute atomic E-state index is 15.0. The number of halogens is 2. The van der Waals surface area contributed by atoms with Gasteiger partial charge in [-0.05, 0) is 24.6 Å². The van der Waals surface area contributed by atoms with Crippen LogP contribution in [0.15, 0.2) is 49.1 Å². The summed E-state index contributed by atoms with van der Waals surface area (Å²) in [7, 11) is 1.55. The summed E-state index contributed by atoms with van der Waals surface area (Å²) in [5, 5.41) is 3.52. The first-order chi connectivity index (χ1) is 16.5. The molecule has 0 amide bonds. The molecule has 34 heavy (non-hydrogen) atoms. The summed E-state index contributed by atoms with van der Waals surface area (Å²) >= 11 is 0. The zero-order chi connectivity index (χ0) is 23.7. The lowest BCUT2D eigenvalue weighted by atomic mass is 10.0. The zero-order valence-corrected chi connectivity index (χ0v) is 18.8. The second-order valence-corrected chi connectivity index (χ2v) is 8.01. The van der Waals surface area contributed by atoms with Gasteiger partial charge in [-0.3, -0.25) is 9.97 Å². The Hall–Kier alpha value is -3.85. The van der Waals surface area contributed by atoms with Gasteiger partial charge in [0.15, 0.2) is 0 Å².